The molecule has 3 aromatic heterocycles. The Morgan fingerprint density at radius 1 is 1.32 bits per heavy atom. The van der Waals surface area contributed by atoms with Crippen LogP contribution in [0.1, 0.15) is 29.3 Å². The van der Waals surface area contributed by atoms with E-state index in [2.05, 4.69) is 15.5 Å². The molecule has 0 fully saturated rings. The normalized spacial score (nSPS) is 12.5. The first kappa shape index (κ1) is 11.5. The van der Waals surface area contributed by atoms with Crippen molar-refractivity contribution in [3.05, 3.63) is 54.4 Å². The maximum absolute atomic E-state index is 11.9. The second kappa shape index (κ2) is 4.56. The van der Waals surface area contributed by atoms with Crippen LogP contribution in [0.2, 0.25) is 0 Å². The van der Waals surface area contributed by atoms with Gasteiger partial charge < -0.3 is 9.73 Å². The first-order valence-corrected chi connectivity index (χ1v) is 5.90. The van der Waals surface area contributed by atoms with E-state index in [0.29, 0.717) is 5.82 Å². The fraction of sp³-hybridized carbons (Fsp3) is 0.154. The van der Waals surface area contributed by atoms with E-state index in [1.165, 1.54) is 6.26 Å². The zero-order chi connectivity index (χ0) is 13.2. The van der Waals surface area contributed by atoms with Gasteiger partial charge in [-0.25, -0.2) is 0 Å². The Kier molecular flexibility index (Phi) is 2.75. The van der Waals surface area contributed by atoms with Crippen molar-refractivity contribution < 1.29 is 9.21 Å². The molecule has 1 N–H and O–H groups in total. The number of fused-ring (bicyclic) bond motifs is 1. The number of carbonyl (C=O) groups is 1. The van der Waals surface area contributed by atoms with Crippen molar-refractivity contribution in [2.45, 2.75) is 13.0 Å². The highest BCUT2D eigenvalue weighted by Crippen LogP contribution is 2.12. The van der Waals surface area contributed by atoms with Crippen LogP contribution >= 0.6 is 0 Å². The van der Waals surface area contributed by atoms with E-state index in [4.69, 9.17) is 4.42 Å². The molecule has 3 aromatic rings. The highest BCUT2D eigenvalue weighted by Gasteiger charge is 2.17. The Morgan fingerprint density at radius 3 is 3.00 bits per heavy atom. The number of hydrogen-bond donors (Lipinski definition) is 1. The van der Waals surface area contributed by atoms with Gasteiger partial charge in [0, 0.05) is 6.20 Å². The number of nitrogens with one attached hydrogen (secondary N) is 1. The summed E-state index contributed by atoms with van der Waals surface area (Å²) in [5.74, 6) is 0.682. The number of hydrogen-bond acceptors (Lipinski definition) is 4. The number of pyridine rings is 1. The van der Waals surface area contributed by atoms with Gasteiger partial charge in [-0.15, -0.1) is 10.2 Å². The van der Waals surface area contributed by atoms with Crippen LogP contribution in [0.15, 0.2) is 47.2 Å². The number of furan rings is 1. The van der Waals surface area contributed by atoms with Gasteiger partial charge in [0.15, 0.2) is 17.2 Å². The molecule has 19 heavy (non-hydrogen) atoms. The van der Waals surface area contributed by atoms with Gasteiger partial charge in [0.05, 0.1) is 12.3 Å². The maximum atomic E-state index is 11.9. The van der Waals surface area contributed by atoms with Crippen LogP contribution in [-0.2, 0) is 0 Å². The highest BCUT2D eigenvalue weighted by molar-refractivity contribution is 5.91. The smallest absolute Gasteiger partial charge is 0.287 e. The van der Waals surface area contributed by atoms with E-state index in [-0.39, 0.29) is 17.7 Å². The largest absolute Gasteiger partial charge is 0.459 e. The molecule has 0 saturated carbocycles. The molecule has 3 rings (SSSR count). The lowest BCUT2D eigenvalue weighted by atomic mass is 10.3. The Morgan fingerprint density at radius 2 is 2.21 bits per heavy atom. The molecular weight excluding hydrogens is 244 g/mol. The molecule has 1 amide bonds. The van der Waals surface area contributed by atoms with Gasteiger partial charge in [-0.05, 0) is 31.2 Å². The van der Waals surface area contributed by atoms with Gasteiger partial charge in [0.2, 0.25) is 0 Å². The number of rotatable bonds is 3. The molecule has 0 bridgehead atoms. The summed E-state index contributed by atoms with van der Waals surface area (Å²) in [6.45, 7) is 1.85. The van der Waals surface area contributed by atoms with Crippen molar-refractivity contribution in [3.63, 3.8) is 0 Å². The lowest BCUT2D eigenvalue weighted by molar-refractivity contribution is 0.0910. The average Bonchev–Trinajstić information content (AvgIpc) is 3.08. The Hall–Kier alpha value is -2.63. The molecule has 0 aliphatic rings. The van der Waals surface area contributed by atoms with Crippen molar-refractivity contribution in [1.29, 1.82) is 0 Å². The second-order valence-electron chi connectivity index (χ2n) is 4.16. The van der Waals surface area contributed by atoms with Crippen LogP contribution in [0.5, 0.6) is 0 Å². The fourth-order valence-electron chi connectivity index (χ4n) is 1.90. The summed E-state index contributed by atoms with van der Waals surface area (Å²) in [5.41, 5.74) is 0.747. The minimum absolute atomic E-state index is 0.269. The molecule has 0 aliphatic heterocycles. The zero-order valence-corrected chi connectivity index (χ0v) is 10.3. The third kappa shape index (κ3) is 2.08. The molecule has 1 atom stereocenters. The fourth-order valence-corrected chi connectivity index (χ4v) is 1.90. The van der Waals surface area contributed by atoms with E-state index in [1.54, 1.807) is 12.1 Å². The molecule has 6 heteroatoms. The summed E-state index contributed by atoms with van der Waals surface area (Å²) >= 11 is 0. The van der Waals surface area contributed by atoms with Crippen LogP contribution in [0, 0.1) is 0 Å². The number of amides is 1. The third-order valence-corrected chi connectivity index (χ3v) is 2.82. The lowest BCUT2D eigenvalue weighted by Crippen LogP contribution is -2.27. The highest BCUT2D eigenvalue weighted by atomic mass is 16.3. The van der Waals surface area contributed by atoms with Crippen molar-refractivity contribution in [3.8, 4) is 0 Å². The van der Waals surface area contributed by atoms with Crippen molar-refractivity contribution >= 4 is 11.6 Å². The van der Waals surface area contributed by atoms with Crippen LogP contribution in [-0.4, -0.2) is 20.5 Å². The zero-order valence-electron chi connectivity index (χ0n) is 10.3. The summed E-state index contributed by atoms with van der Waals surface area (Å²) in [5, 5.41) is 11.0. The molecule has 0 unspecified atom stereocenters. The summed E-state index contributed by atoms with van der Waals surface area (Å²) in [6, 6.07) is 8.66. The van der Waals surface area contributed by atoms with E-state index in [9.17, 15) is 4.79 Å². The predicted molar refractivity (Wildman–Crippen MR) is 67.6 cm³/mol. The van der Waals surface area contributed by atoms with Crippen molar-refractivity contribution in [2.24, 2.45) is 0 Å². The van der Waals surface area contributed by atoms with E-state index < -0.39 is 0 Å². The molecule has 0 saturated heterocycles. The van der Waals surface area contributed by atoms with Gasteiger partial charge in [-0.3, -0.25) is 9.20 Å². The van der Waals surface area contributed by atoms with Crippen molar-refractivity contribution in [1.82, 2.24) is 19.9 Å². The number of nitrogens with zero attached hydrogens (tertiary/aromatic N) is 3. The van der Waals surface area contributed by atoms with Crippen LogP contribution < -0.4 is 5.32 Å². The van der Waals surface area contributed by atoms with Crippen LogP contribution in [0.4, 0.5) is 0 Å². The molecule has 6 nitrogen and oxygen atoms in total. The Balaban J connectivity index is 1.84. The standard InChI is InChI=1S/C13H12N4O2/c1-9(14-13(18)10-5-4-8-19-10)12-16-15-11-6-2-3-7-17(11)12/h2-9H,1H3,(H,14,18)/t9-/m0/s1. The average molecular weight is 256 g/mol. The minimum atomic E-state index is -0.273. The van der Waals surface area contributed by atoms with Gasteiger partial charge in [0.25, 0.3) is 5.91 Å². The Labute approximate surface area is 109 Å². The van der Waals surface area contributed by atoms with E-state index in [0.717, 1.165) is 5.65 Å². The second-order valence-corrected chi connectivity index (χ2v) is 4.16. The van der Waals surface area contributed by atoms with Gasteiger partial charge >= 0.3 is 0 Å². The van der Waals surface area contributed by atoms with E-state index >= 15 is 0 Å². The number of aromatic nitrogens is 3. The van der Waals surface area contributed by atoms with Gasteiger partial charge in [0.1, 0.15) is 0 Å². The lowest BCUT2D eigenvalue weighted by Gasteiger charge is -2.10. The minimum Gasteiger partial charge on any atom is -0.459 e. The Bertz CT molecular complexity index is 702. The summed E-state index contributed by atoms with van der Waals surface area (Å²) in [6.07, 6.45) is 3.33. The summed E-state index contributed by atoms with van der Waals surface area (Å²) in [7, 11) is 0. The molecule has 0 radical (unpaired) electrons. The first-order valence-electron chi connectivity index (χ1n) is 5.90. The van der Waals surface area contributed by atoms with Crippen molar-refractivity contribution in [2.75, 3.05) is 0 Å². The molecular formula is C13H12N4O2. The monoisotopic (exact) mass is 256 g/mol. The van der Waals surface area contributed by atoms with Gasteiger partial charge in [-0.2, -0.15) is 0 Å². The molecule has 3 heterocycles. The molecule has 0 spiro atoms. The first-order chi connectivity index (χ1) is 9.25. The summed E-state index contributed by atoms with van der Waals surface area (Å²) < 4.78 is 6.89. The maximum Gasteiger partial charge on any atom is 0.287 e. The van der Waals surface area contributed by atoms with Crippen LogP contribution in [0.3, 0.4) is 0 Å². The molecule has 96 valence electrons. The topological polar surface area (TPSA) is 72.4 Å². The van der Waals surface area contributed by atoms with Gasteiger partial charge in [-0.1, -0.05) is 6.07 Å². The number of carbonyl (C=O) groups excluding carboxylic acids is 1. The quantitative estimate of drug-likeness (QED) is 0.775. The molecule has 0 aliphatic carbocycles. The SMILES string of the molecule is C[C@H](NC(=O)c1ccco1)c1nnc2ccccn12. The predicted octanol–water partition coefficient (Wildman–Crippen LogP) is 1.81. The van der Waals surface area contributed by atoms with Crippen LogP contribution in [0.25, 0.3) is 5.65 Å². The third-order valence-electron chi connectivity index (χ3n) is 2.82. The van der Waals surface area contributed by atoms with E-state index in [1.807, 2.05) is 35.7 Å². The summed E-state index contributed by atoms with van der Waals surface area (Å²) in [4.78, 5) is 11.9. The molecule has 0 aromatic carbocycles.